The minimum absolute atomic E-state index is 0.318. The van der Waals surface area contributed by atoms with Crippen LogP contribution >= 0.6 is 0 Å². The van der Waals surface area contributed by atoms with E-state index in [1.807, 2.05) is 0 Å². The van der Waals surface area contributed by atoms with E-state index >= 15 is 0 Å². The van der Waals surface area contributed by atoms with Crippen molar-refractivity contribution >= 4 is 5.78 Å². The second kappa shape index (κ2) is 6.67. The molecule has 1 heteroatoms. The summed E-state index contributed by atoms with van der Waals surface area (Å²) in [5.41, 5.74) is 0.318. The number of hydrogen-bond acceptors (Lipinski definition) is 1. The van der Waals surface area contributed by atoms with Gasteiger partial charge in [0.15, 0.2) is 0 Å². The minimum Gasteiger partial charge on any atom is -0.300 e. The molecular weight excluding hydrogens is 184 g/mol. The van der Waals surface area contributed by atoms with E-state index < -0.39 is 0 Å². The molecule has 1 nitrogen and oxygen atoms in total. The van der Waals surface area contributed by atoms with Crippen LogP contribution in [0.2, 0.25) is 0 Å². The quantitative estimate of drug-likeness (QED) is 0.479. The van der Waals surface area contributed by atoms with Gasteiger partial charge in [0, 0.05) is 19.3 Å². The van der Waals surface area contributed by atoms with Crippen molar-refractivity contribution in [2.24, 2.45) is 11.3 Å². The number of ketones is 1. The van der Waals surface area contributed by atoms with Crippen LogP contribution in [0.1, 0.15) is 59.8 Å². The first-order valence-corrected chi connectivity index (χ1v) is 5.80. The van der Waals surface area contributed by atoms with Crippen molar-refractivity contribution in [2.45, 2.75) is 59.8 Å². The van der Waals surface area contributed by atoms with Crippen LogP contribution in [0.3, 0.4) is 0 Å². The Bertz CT molecular complexity index is 227. The largest absolute Gasteiger partial charge is 0.300 e. The van der Waals surface area contributed by atoms with E-state index in [9.17, 15) is 4.79 Å². The van der Waals surface area contributed by atoms with E-state index in [0.717, 1.165) is 19.3 Å². The molecule has 0 aliphatic heterocycles. The molecule has 0 spiro atoms. The average molecular weight is 208 g/mol. The third-order valence-electron chi connectivity index (χ3n) is 2.31. The molecule has 0 rings (SSSR count). The molecule has 0 aromatic carbocycles. The number of carbonyl (C=O) groups is 1. The molecule has 15 heavy (non-hydrogen) atoms. The minimum atomic E-state index is 0.318. The van der Waals surface area contributed by atoms with Gasteiger partial charge in [-0.05, 0) is 24.2 Å². The van der Waals surface area contributed by atoms with Crippen LogP contribution in [-0.4, -0.2) is 5.78 Å². The summed E-state index contributed by atoms with van der Waals surface area (Å²) in [7, 11) is 0. The Morgan fingerprint density at radius 3 is 2.47 bits per heavy atom. The predicted molar refractivity (Wildman–Crippen MR) is 65.5 cm³/mol. The lowest BCUT2D eigenvalue weighted by molar-refractivity contribution is -0.120. The summed E-state index contributed by atoms with van der Waals surface area (Å²) in [5, 5.41) is 0. The fraction of sp³-hybridized carbons (Fsp3) is 0.786. The SMILES string of the molecule is C#CCCCC(=O)CC(C)CC(C)(C)C. The summed E-state index contributed by atoms with van der Waals surface area (Å²) >= 11 is 0. The van der Waals surface area contributed by atoms with Crippen LogP contribution in [0.15, 0.2) is 0 Å². The smallest absolute Gasteiger partial charge is 0.133 e. The Kier molecular flexibility index (Phi) is 6.32. The zero-order chi connectivity index (χ0) is 11.9. The zero-order valence-corrected chi connectivity index (χ0v) is 10.6. The molecular formula is C14H24O. The van der Waals surface area contributed by atoms with Gasteiger partial charge >= 0.3 is 0 Å². The number of Topliss-reactive ketones (excluding diaryl/α,β-unsaturated/α-hetero) is 1. The molecule has 0 saturated heterocycles. The van der Waals surface area contributed by atoms with Gasteiger partial charge in [0.1, 0.15) is 5.78 Å². The van der Waals surface area contributed by atoms with E-state index in [1.54, 1.807) is 0 Å². The van der Waals surface area contributed by atoms with Gasteiger partial charge < -0.3 is 0 Å². The Morgan fingerprint density at radius 1 is 1.40 bits per heavy atom. The van der Waals surface area contributed by atoms with Crippen LogP contribution < -0.4 is 0 Å². The van der Waals surface area contributed by atoms with E-state index in [-0.39, 0.29) is 0 Å². The van der Waals surface area contributed by atoms with Gasteiger partial charge in [-0.3, -0.25) is 4.79 Å². The summed E-state index contributed by atoms with van der Waals surface area (Å²) in [6, 6.07) is 0. The zero-order valence-electron chi connectivity index (χ0n) is 10.6. The number of rotatable bonds is 6. The fourth-order valence-corrected chi connectivity index (χ4v) is 2.00. The number of terminal acetylenes is 1. The van der Waals surface area contributed by atoms with Crippen molar-refractivity contribution in [3.63, 3.8) is 0 Å². The van der Waals surface area contributed by atoms with Crippen LogP contribution in [0.5, 0.6) is 0 Å². The van der Waals surface area contributed by atoms with Crippen molar-refractivity contribution < 1.29 is 4.79 Å². The lowest BCUT2D eigenvalue weighted by atomic mass is 9.83. The molecule has 1 unspecified atom stereocenters. The highest BCUT2D eigenvalue weighted by Crippen LogP contribution is 2.26. The van der Waals surface area contributed by atoms with Crippen molar-refractivity contribution in [2.75, 3.05) is 0 Å². The molecule has 0 fully saturated rings. The van der Waals surface area contributed by atoms with Crippen molar-refractivity contribution in [3.8, 4) is 12.3 Å². The molecule has 0 aromatic heterocycles. The highest BCUT2D eigenvalue weighted by Gasteiger charge is 2.17. The monoisotopic (exact) mass is 208 g/mol. The molecule has 1 atom stereocenters. The molecule has 0 saturated carbocycles. The number of hydrogen-bond donors (Lipinski definition) is 0. The number of unbranched alkanes of at least 4 members (excludes halogenated alkanes) is 1. The molecule has 0 aliphatic carbocycles. The number of carbonyl (C=O) groups excluding carboxylic acids is 1. The highest BCUT2D eigenvalue weighted by molar-refractivity contribution is 5.78. The van der Waals surface area contributed by atoms with Crippen LogP contribution in [0.25, 0.3) is 0 Å². The summed E-state index contributed by atoms with van der Waals surface area (Å²) in [6.07, 6.45) is 9.17. The highest BCUT2D eigenvalue weighted by atomic mass is 16.1. The Hall–Kier alpha value is -0.770. The van der Waals surface area contributed by atoms with Gasteiger partial charge in [0.2, 0.25) is 0 Å². The maximum Gasteiger partial charge on any atom is 0.133 e. The topological polar surface area (TPSA) is 17.1 Å². The molecule has 86 valence electrons. The van der Waals surface area contributed by atoms with Crippen molar-refractivity contribution in [3.05, 3.63) is 0 Å². The van der Waals surface area contributed by atoms with E-state index in [0.29, 0.717) is 30.0 Å². The average Bonchev–Trinajstić information content (AvgIpc) is 2.00. The molecule has 0 bridgehead atoms. The second-order valence-corrected chi connectivity index (χ2v) is 5.67. The predicted octanol–water partition coefficient (Wildman–Crippen LogP) is 3.82. The van der Waals surface area contributed by atoms with Crippen LogP contribution in [0, 0.1) is 23.7 Å². The van der Waals surface area contributed by atoms with Crippen molar-refractivity contribution in [1.82, 2.24) is 0 Å². The molecule has 0 aromatic rings. The standard InChI is InChI=1S/C14H24O/c1-6-7-8-9-13(15)10-12(2)11-14(3,4)5/h1,12H,7-11H2,2-5H3. The maximum absolute atomic E-state index is 11.5. The summed E-state index contributed by atoms with van der Waals surface area (Å²) in [4.78, 5) is 11.5. The van der Waals surface area contributed by atoms with Gasteiger partial charge in [-0.15, -0.1) is 12.3 Å². The van der Waals surface area contributed by atoms with Crippen molar-refractivity contribution in [1.29, 1.82) is 0 Å². The second-order valence-electron chi connectivity index (χ2n) is 5.67. The molecule has 0 aliphatic rings. The lowest BCUT2D eigenvalue weighted by Gasteiger charge is -2.22. The Morgan fingerprint density at radius 2 is 2.00 bits per heavy atom. The Labute approximate surface area is 94.6 Å². The lowest BCUT2D eigenvalue weighted by Crippen LogP contribution is -2.14. The third-order valence-corrected chi connectivity index (χ3v) is 2.31. The molecule has 0 radical (unpaired) electrons. The summed E-state index contributed by atoms with van der Waals surface area (Å²) in [5.74, 6) is 3.41. The van der Waals surface area contributed by atoms with E-state index in [2.05, 4.69) is 33.6 Å². The van der Waals surface area contributed by atoms with Gasteiger partial charge in [0.25, 0.3) is 0 Å². The first kappa shape index (κ1) is 14.2. The van der Waals surface area contributed by atoms with E-state index in [1.165, 1.54) is 0 Å². The molecule has 0 amide bonds. The summed E-state index contributed by atoms with van der Waals surface area (Å²) in [6.45, 7) is 8.80. The fourth-order valence-electron chi connectivity index (χ4n) is 2.00. The van der Waals surface area contributed by atoms with E-state index in [4.69, 9.17) is 6.42 Å². The van der Waals surface area contributed by atoms with Crippen LogP contribution in [0.4, 0.5) is 0 Å². The molecule has 0 N–H and O–H groups in total. The van der Waals surface area contributed by atoms with Crippen LogP contribution in [-0.2, 0) is 4.79 Å². The van der Waals surface area contributed by atoms with Gasteiger partial charge in [0.05, 0.1) is 0 Å². The van der Waals surface area contributed by atoms with Gasteiger partial charge in [-0.1, -0.05) is 27.7 Å². The molecule has 0 heterocycles. The first-order chi connectivity index (χ1) is 6.85. The summed E-state index contributed by atoms with van der Waals surface area (Å²) < 4.78 is 0. The van der Waals surface area contributed by atoms with Gasteiger partial charge in [-0.25, -0.2) is 0 Å². The third kappa shape index (κ3) is 9.53. The van der Waals surface area contributed by atoms with Gasteiger partial charge in [-0.2, -0.15) is 0 Å². The normalized spacial score (nSPS) is 13.3. The maximum atomic E-state index is 11.5. The first-order valence-electron chi connectivity index (χ1n) is 5.80. The Balaban J connectivity index is 3.73.